The molecule has 2 rings (SSSR count). The predicted molar refractivity (Wildman–Crippen MR) is 79.1 cm³/mol. The number of rotatable bonds is 8. The number of para-hydroxylation sites is 1. The van der Waals surface area contributed by atoms with Gasteiger partial charge >= 0.3 is 0 Å². The van der Waals surface area contributed by atoms with E-state index in [9.17, 15) is 0 Å². The van der Waals surface area contributed by atoms with Gasteiger partial charge in [0.15, 0.2) is 0 Å². The molecule has 5 nitrogen and oxygen atoms in total. The molecule has 20 heavy (non-hydrogen) atoms. The molecule has 108 valence electrons. The van der Waals surface area contributed by atoms with Crippen molar-refractivity contribution >= 4 is 0 Å². The zero-order chi connectivity index (χ0) is 14.2. The van der Waals surface area contributed by atoms with Crippen LogP contribution < -0.4 is 16.0 Å². The minimum atomic E-state index is 0.0596. The van der Waals surface area contributed by atoms with E-state index >= 15 is 0 Å². The van der Waals surface area contributed by atoms with Gasteiger partial charge in [0.05, 0.1) is 18.8 Å². The van der Waals surface area contributed by atoms with Crippen LogP contribution in [0.3, 0.4) is 0 Å². The molecule has 1 unspecified atom stereocenters. The van der Waals surface area contributed by atoms with Crippen LogP contribution in [0.25, 0.3) is 0 Å². The van der Waals surface area contributed by atoms with Gasteiger partial charge in [-0.1, -0.05) is 25.1 Å². The summed E-state index contributed by atoms with van der Waals surface area (Å²) in [7, 11) is 0. The number of nitrogens with two attached hydrogens (primary N) is 1. The fourth-order valence-corrected chi connectivity index (χ4v) is 2.07. The van der Waals surface area contributed by atoms with Crippen LogP contribution in [0, 0.1) is 0 Å². The number of hydrogen-bond donors (Lipinski definition) is 2. The second-order valence-corrected chi connectivity index (χ2v) is 4.71. The maximum atomic E-state index is 5.69. The average molecular weight is 274 g/mol. The number of ether oxygens (including phenoxy) is 1. The summed E-state index contributed by atoms with van der Waals surface area (Å²) in [5.74, 6) is 6.50. The number of aryl methyl sites for hydroxylation is 1. The molecule has 3 N–H and O–H groups in total. The fraction of sp³-hybridized carbons (Fsp3) is 0.400. The number of nitrogens with one attached hydrogen (secondary N) is 1. The minimum absolute atomic E-state index is 0.0596. The second kappa shape index (κ2) is 7.67. The molecule has 0 spiro atoms. The van der Waals surface area contributed by atoms with Gasteiger partial charge in [-0.05, 0) is 18.6 Å². The van der Waals surface area contributed by atoms with E-state index in [1.54, 1.807) is 0 Å². The third kappa shape index (κ3) is 4.08. The van der Waals surface area contributed by atoms with Crippen LogP contribution >= 0.6 is 0 Å². The Bertz CT molecular complexity index is 498. The molecule has 0 aliphatic heterocycles. The van der Waals surface area contributed by atoms with Gasteiger partial charge in [0.2, 0.25) is 0 Å². The van der Waals surface area contributed by atoms with E-state index in [0.717, 1.165) is 30.7 Å². The topological polar surface area (TPSA) is 65.1 Å². The Morgan fingerprint density at radius 3 is 2.85 bits per heavy atom. The van der Waals surface area contributed by atoms with Gasteiger partial charge in [0.25, 0.3) is 0 Å². The highest BCUT2D eigenvalue weighted by molar-refractivity contribution is 5.21. The summed E-state index contributed by atoms with van der Waals surface area (Å²) in [6.45, 7) is 3.67. The van der Waals surface area contributed by atoms with Crippen molar-refractivity contribution in [3.63, 3.8) is 0 Å². The van der Waals surface area contributed by atoms with Crippen molar-refractivity contribution in [1.29, 1.82) is 0 Å². The molecule has 0 saturated heterocycles. The standard InChI is InChI=1S/C15H22N4O/c1-2-9-19-12-13(11-17-19)15(18-16)8-10-20-14-6-4-3-5-7-14/h3-7,11-12,15,18H,2,8-10,16H2,1H3. The van der Waals surface area contributed by atoms with Crippen molar-refractivity contribution < 1.29 is 4.74 Å². The summed E-state index contributed by atoms with van der Waals surface area (Å²) in [5.41, 5.74) is 3.92. The molecule has 0 aliphatic rings. The maximum absolute atomic E-state index is 5.69. The largest absolute Gasteiger partial charge is 0.494 e. The monoisotopic (exact) mass is 274 g/mol. The summed E-state index contributed by atoms with van der Waals surface area (Å²) in [6, 6.07) is 9.85. The SMILES string of the molecule is CCCn1cc(C(CCOc2ccccc2)NN)cn1. The molecule has 0 bridgehead atoms. The van der Waals surface area contributed by atoms with E-state index in [0.29, 0.717) is 6.61 Å². The molecule has 2 aromatic rings. The number of benzene rings is 1. The Balaban J connectivity index is 1.85. The zero-order valence-electron chi connectivity index (χ0n) is 11.8. The summed E-state index contributed by atoms with van der Waals surface area (Å²) in [4.78, 5) is 0. The van der Waals surface area contributed by atoms with Gasteiger partial charge in [-0.25, -0.2) is 0 Å². The summed E-state index contributed by atoms with van der Waals surface area (Å²) >= 11 is 0. The van der Waals surface area contributed by atoms with E-state index in [1.807, 2.05) is 47.4 Å². The lowest BCUT2D eigenvalue weighted by Gasteiger charge is -2.14. The molecule has 5 heteroatoms. The Morgan fingerprint density at radius 2 is 2.15 bits per heavy atom. The van der Waals surface area contributed by atoms with Crippen molar-refractivity contribution in [1.82, 2.24) is 15.2 Å². The van der Waals surface area contributed by atoms with E-state index in [2.05, 4.69) is 17.4 Å². The van der Waals surface area contributed by atoms with E-state index in [4.69, 9.17) is 10.6 Å². The lowest BCUT2D eigenvalue weighted by atomic mass is 10.1. The van der Waals surface area contributed by atoms with Crippen LogP contribution in [0.5, 0.6) is 5.75 Å². The third-order valence-corrected chi connectivity index (χ3v) is 3.13. The number of nitrogens with zero attached hydrogens (tertiary/aromatic N) is 2. The molecular formula is C15H22N4O. The fourth-order valence-electron chi connectivity index (χ4n) is 2.07. The average Bonchev–Trinajstić information content (AvgIpc) is 2.94. The van der Waals surface area contributed by atoms with Crippen molar-refractivity contribution in [2.45, 2.75) is 32.4 Å². The molecule has 0 saturated carbocycles. The molecule has 0 aliphatic carbocycles. The second-order valence-electron chi connectivity index (χ2n) is 4.71. The van der Waals surface area contributed by atoms with Crippen molar-refractivity contribution in [3.8, 4) is 5.75 Å². The minimum Gasteiger partial charge on any atom is -0.494 e. The van der Waals surface area contributed by atoms with Crippen LogP contribution in [0.15, 0.2) is 42.7 Å². The first-order valence-corrected chi connectivity index (χ1v) is 6.99. The smallest absolute Gasteiger partial charge is 0.119 e. The molecule has 1 heterocycles. The van der Waals surface area contributed by atoms with E-state index in [-0.39, 0.29) is 6.04 Å². The van der Waals surface area contributed by atoms with Crippen LogP contribution in [0.4, 0.5) is 0 Å². The Labute approximate surface area is 119 Å². The van der Waals surface area contributed by atoms with Crippen LogP contribution in [0.1, 0.15) is 31.4 Å². The normalized spacial score (nSPS) is 12.3. The van der Waals surface area contributed by atoms with Gasteiger partial charge in [0.1, 0.15) is 5.75 Å². The van der Waals surface area contributed by atoms with E-state index < -0.39 is 0 Å². The molecule has 1 aromatic heterocycles. The first-order valence-electron chi connectivity index (χ1n) is 6.99. The molecule has 1 aromatic carbocycles. The first-order chi connectivity index (χ1) is 9.83. The highest BCUT2D eigenvalue weighted by Gasteiger charge is 2.12. The van der Waals surface area contributed by atoms with Crippen molar-refractivity contribution in [2.24, 2.45) is 5.84 Å². The van der Waals surface area contributed by atoms with Gasteiger partial charge in [-0.2, -0.15) is 5.10 Å². The number of hydrogen-bond acceptors (Lipinski definition) is 4. The molecule has 0 fully saturated rings. The first kappa shape index (κ1) is 14.6. The van der Waals surface area contributed by atoms with Crippen LogP contribution in [0.2, 0.25) is 0 Å². The molecule has 0 radical (unpaired) electrons. The van der Waals surface area contributed by atoms with Gasteiger partial charge in [-0.15, -0.1) is 0 Å². The molecule has 0 amide bonds. The number of aromatic nitrogens is 2. The van der Waals surface area contributed by atoms with Gasteiger partial charge in [0, 0.05) is 24.7 Å². The maximum Gasteiger partial charge on any atom is 0.119 e. The van der Waals surface area contributed by atoms with E-state index in [1.165, 1.54) is 0 Å². The van der Waals surface area contributed by atoms with Crippen molar-refractivity contribution in [2.75, 3.05) is 6.61 Å². The molecular weight excluding hydrogens is 252 g/mol. The lowest BCUT2D eigenvalue weighted by molar-refractivity contribution is 0.287. The summed E-state index contributed by atoms with van der Waals surface area (Å²) < 4.78 is 7.63. The van der Waals surface area contributed by atoms with Gasteiger partial charge < -0.3 is 4.74 Å². The summed E-state index contributed by atoms with van der Waals surface area (Å²) in [5, 5.41) is 4.32. The lowest BCUT2D eigenvalue weighted by Crippen LogP contribution is -2.29. The van der Waals surface area contributed by atoms with Crippen molar-refractivity contribution in [3.05, 3.63) is 48.3 Å². The highest BCUT2D eigenvalue weighted by Crippen LogP contribution is 2.16. The highest BCUT2D eigenvalue weighted by atomic mass is 16.5. The van der Waals surface area contributed by atoms with Crippen LogP contribution in [-0.2, 0) is 6.54 Å². The Morgan fingerprint density at radius 1 is 1.35 bits per heavy atom. The Hall–Kier alpha value is -1.85. The quantitative estimate of drug-likeness (QED) is 0.572. The van der Waals surface area contributed by atoms with Crippen LogP contribution in [-0.4, -0.2) is 16.4 Å². The number of hydrazine groups is 1. The third-order valence-electron chi connectivity index (χ3n) is 3.13. The Kier molecular flexibility index (Phi) is 5.58. The molecule has 1 atom stereocenters. The van der Waals surface area contributed by atoms with Gasteiger partial charge in [-0.3, -0.25) is 16.0 Å². The predicted octanol–water partition coefficient (Wildman–Crippen LogP) is 2.27. The summed E-state index contributed by atoms with van der Waals surface area (Å²) in [6.07, 6.45) is 5.77. The zero-order valence-corrected chi connectivity index (χ0v) is 11.8.